The number of aliphatic hydroxyl groups excluding tert-OH is 1. The highest BCUT2D eigenvalue weighted by Gasteiger charge is 2.23. The number of cyclic esters (lactones) is 1. The molecule has 0 aliphatic carbocycles. The van der Waals surface area contributed by atoms with Crippen LogP contribution in [-0.2, 0) is 11.3 Å². The summed E-state index contributed by atoms with van der Waals surface area (Å²) < 4.78 is 6.42. The van der Waals surface area contributed by atoms with Gasteiger partial charge in [-0.2, -0.15) is 5.10 Å². The fraction of sp³-hybridized carbons (Fsp3) is 0.267. The number of anilines is 3. The topological polar surface area (TPSA) is 109 Å². The summed E-state index contributed by atoms with van der Waals surface area (Å²) in [5.74, 6) is 0.375. The zero-order chi connectivity index (χ0) is 16.9. The van der Waals surface area contributed by atoms with Crippen LogP contribution in [0.1, 0.15) is 0 Å². The van der Waals surface area contributed by atoms with Crippen LogP contribution < -0.4 is 15.5 Å². The van der Waals surface area contributed by atoms with Gasteiger partial charge >= 0.3 is 12.1 Å². The number of aliphatic hydroxyl groups is 1. The molecule has 3 N–H and O–H groups in total. The lowest BCUT2D eigenvalue weighted by molar-refractivity contribution is 0.181. The first-order valence-electron chi connectivity index (χ1n) is 7.42. The maximum Gasteiger partial charge on any atom is 0.414 e. The molecule has 0 atom stereocenters. The normalized spacial score (nSPS) is 13.7. The van der Waals surface area contributed by atoms with Crippen molar-refractivity contribution in [2.24, 2.45) is 0 Å². The van der Waals surface area contributed by atoms with E-state index in [0.717, 1.165) is 0 Å². The Balaban J connectivity index is 1.62. The van der Waals surface area contributed by atoms with Gasteiger partial charge in [-0.25, -0.2) is 9.59 Å². The molecule has 1 fully saturated rings. The first-order valence-corrected chi connectivity index (χ1v) is 7.42. The highest BCUT2D eigenvalue weighted by Crippen LogP contribution is 2.22. The van der Waals surface area contributed by atoms with Gasteiger partial charge in [0.1, 0.15) is 6.61 Å². The van der Waals surface area contributed by atoms with Crippen molar-refractivity contribution >= 4 is 29.3 Å². The average molecular weight is 331 g/mol. The van der Waals surface area contributed by atoms with Gasteiger partial charge in [0.15, 0.2) is 5.82 Å². The van der Waals surface area contributed by atoms with Gasteiger partial charge in [0, 0.05) is 23.6 Å². The summed E-state index contributed by atoms with van der Waals surface area (Å²) in [5.41, 5.74) is 1.20. The number of nitrogens with zero attached hydrogens (tertiary/aromatic N) is 3. The summed E-state index contributed by atoms with van der Waals surface area (Å²) in [6, 6.07) is 8.10. The number of carbonyl (C=O) groups excluding carboxylic acids is 2. The second-order valence-electron chi connectivity index (χ2n) is 5.08. The van der Waals surface area contributed by atoms with E-state index in [1.54, 1.807) is 36.5 Å². The van der Waals surface area contributed by atoms with Crippen LogP contribution in [0, 0.1) is 0 Å². The van der Waals surface area contributed by atoms with Gasteiger partial charge < -0.3 is 15.2 Å². The minimum Gasteiger partial charge on any atom is -0.447 e. The van der Waals surface area contributed by atoms with Crippen LogP contribution in [0.15, 0.2) is 36.5 Å². The lowest BCUT2D eigenvalue weighted by atomic mass is 10.2. The third-order valence-electron chi connectivity index (χ3n) is 3.39. The molecule has 0 radical (unpaired) electrons. The molecular weight excluding hydrogens is 314 g/mol. The fourth-order valence-corrected chi connectivity index (χ4v) is 2.31. The summed E-state index contributed by atoms with van der Waals surface area (Å²) in [4.78, 5) is 25.1. The van der Waals surface area contributed by atoms with Gasteiger partial charge in [-0.05, 0) is 18.2 Å². The summed E-state index contributed by atoms with van der Waals surface area (Å²) in [6.45, 7) is 1.17. The fourth-order valence-electron chi connectivity index (χ4n) is 2.31. The SMILES string of the molecule is O=C(Nc1cccc(N2CCOC2=O)c1)Nc1ccn(CCO)n1. The van der Waals surface area contributed by atoms with Gasteiger partial charge in [-0.15, -0.1) is 0 Å². The van der Waals surface area contributed by atoms with Crippen LogP contribution in [0.5, 0.6) is 0 Å². The minimum atomic E-state index is -0.453. The summed E-state index contributed by atoms with van der Waals surface area (Å²) in [6.07, 6.45) is 1.26. The van der Waals surface area contributed by atoms with Gasteiger partial charge in [-0.3, -0.25) is 14.9 Å². The number of amides is 3. The van der Waals surface area contributed by atoms with E-state index in [2.05, 4.69) is 15.7 Å². The third-order valence-corrected chi connectivity index (χ3v) is 3.39. The highest BCUT2D eigenvalue weighted by molar-refractivity contribution is 6.00. The van der Waals surface area contributed by atoms with Crippen LogP contribution in [-0.4, -0.2) is 46.8 Å². The number of nitrogens with one attached hydrogen (secondary N) is 2. The molecule has 0 spiro atoms. The van der Waals surface area contributed by atoms with E-state index in [9.17, 15) is 9.59 Å². The molecule has 1 aromatic heterocycles. The molecule has 1 saturated heterocycles. The van der Waals surface area contributed by atoms with Crippen LogP contribution in [0.2, 0.25) is 0 Å². The monoisotopic (exact) mass is 331 g/mol. The Morgan fingerprint density at radius 3 is 2.96 bits per heavy atom. The predicted molar refractivity (Wildman–Crippen MR) is 87.1 cm³/mol. The van der Waals surface area contributed by atoms with Crippen molar-refractivity contribution in [3.63, 3.8) is 0 Å². The predicted octanol–water partition coefficient (Wildman–Crippen LogP) is 1.48. The van der Waals surface area contributed by atoms with Crippen molar-refractivity contribution in [2.45, 2.75) is 6.54 Å². The smallest absolute Gasteiger partial charge is 0.414 e. The Labute approximate surface area is 137 Å². The molecule has 0 bridgehead atoms. The minimum absolute atomic E-state index is 0.0287. The number of benzene rings is 1. The van der Waals surface area contributed by atoms with Crippen molar-refractivity contribution < 1.29 is 19.4 Å². The molecular formula is C15H17N5O4. The lowest BCUT2D eigenvalue weighted by Crippen LogP contribution is -2.24. The lowest BCUT2D eigenvalue weighted by Gasteiger charge is -2.14. The molecule has 2 aromatic rings. The standard InChI is InChI=1S/C15H17N5O4/c21-8-6-19-5-4-13(18-19)17-14(22)16-11-2-1-3-12(10-11)20-7-9-24-15(20)23/h1-5,10,21H,6-9H2,(H2,16,17,18,22). The number of carbonyl (C=O) groups is 2. The van der Waals surface area contributed by atoms with E-state index in [0.29, 0.717) is 36.9 Å². The van der Waals surface area contributed by atoms with Crippen molar-refractivity contribution in [2.75, 3.05) is 35.3 Å². The Morgan fingerprint density at radius 1 is 1.33 bits per heavy atom. The molecule has 0 unspecified atom stereocenters. The Hall–Kier alpha value is -3.07. The molecule has 1 aromatic carbocycles. The zero-order valence-electron chi connectivity index (χ0n) is 12.8. The number of hydrogen-bond donors (Lipinski definition) is 3. The van der Waals surface area contributed by atoms with Gasteiger partial charge in [0.05, 0.1) is 19.7 Å². The molecule has 3 rings (SSSR count). The summed E-state index contributed by atoms with van der Waals surface area (Å²) in [5, 5.41) is 18.2. The first-order chi connectivity index (χ1) is 11.7. The second-order valence-corrected chi connectivity index (χ2v) is 5.08. The number of urea groups is 1. The second kappa shape index (κ2) is 7.01. The maximum atomic E-state index is 12.0. The number of ether oxygens (including phenoxy) is 1. The molecule has 1 aliphatic heterocycles. The van der Waals surface area contributed by atoms with Crippen molar-refractivity contribution in [3.8, 4) is 0 Å². The number of rotatable bonds is 5. The average Bonchev–Trinajstić information content (AvgIpc) is 3.17. The largest absolute Gasteiger partial charge is 0.447 e. The van der Waals surface area contributed by atoms with Crippen LogP contribution in [0.25, 0.3) is 0 Å². The van der Waals surface area contributed by atoms with Gasteiger partial charge in [-0.1, -0.05) is 6.07 Å². The molecule has 9 heteroatoms. The first kappa shape index (κ1) is 15.8. The number of hydrogen-bond acceptors (Lipinski definition) is 5. The van der Waals surface area contributed by atoms with E-state index < -0.39 is 12.1 Å². The zero-order valence-corrected chi connectivity index (χ0v) is 12.8. The highest BCUT2D eigenvalue weighted by atomic mass is 16.6. The van der Waals surface area contributed by atoms with Crippen molar-refractivity contribution in [3.05, 3.63) is 36.5 Å². The van der Waals surface area contributed by atoms with E-state index >= 15 is 0 Å². The quantitative estimate of drug-likeness (QED) is 0.769. The van der Waals surface area contributed by atoms with E-state index in [1.165, 1.54) is 9.58 Å². The summed E-state index contributed by atoms with van der Waals surface area (Å²) in [7, 11) is 0. The van der Waals surface area contributed by atoms with Crippen LogP contribution in [0.4, 0.5) is 26.8 Å². The van der Waals surface area contributed by atoms with E-state index in [1.807, 2.05) is 0 Å². The molecule has 1 aliphatic rings. The third kappa shape index (κ3) is 3.63. The van der Waals surface area contributed by atoms with Crippen molar-refractivity contribution in [1.29, 1.82) is 0 Å². The maximum absolute atomic E-state index is 12.0. The Morgan fingerprint density at radius 2 is 2.21 bits per heavy atom. The van der Waals surface area contributed by atoms with Crippen LogP contribution in [0.3, 0.4) is 0 Å². The molecule has 24 heavy (non-hydrogen) atoms. The van der Waals surface area contributed by atoms with E-state index in [4.69, 9.17) is 9.84 Å². The molecule has 0 saturated carbocycles. The molecule has 126 valence electrons. The van der Waals surface area contributed by atoms with Crippen molar-refractivity contribution in [1.82, 2.24) is 9.78 Å². The summed E-state index contributed by atoms with van der Waals surface area (Å²) >= 11 is 0. The van der Waals surface area contributed by atoms with Crippen LogP contribution >= 0.6 is 0 Å². The molecule has 9 nitrogen and oxygen atoms in total. The Bertz CT molecular complexity index is 745. The van der Waals surface area contributed by atoms with E-state index in [-0.39, 0.29) is 6.61 Å². The molecule has 3 amide bonds. The molecule has 2 heterocycles. The Kier molecular flexibility index (Phi) is 4.62. The number of aromatic nitrogens is 2. The van der Waals surface area contributed by atoms with Gasteiger partial charge in [0.25, 0.3) is 0 Å². The van der Waals surface area contributed by atoms with Gasteiger partial charge in [0.2, 0.25) is 0 Å².